The number of aryl methyl sites for hydroxylation is 1. The largest absolute Gasteiger partial charge is 0.476 e. The summed E-state index contributed by atoms with van der Waals surface area (Å²) in [5, 5.41) is 0. The monoisotopic (exact) mass is 280 g/mol. The minimum Gasteiger partial charge on any atom is -0.476 e. The van der Waals surface area contributed by atoms with Crippen LogP contribution in [0.3, 0.4) is 0 Å². The summed E-state index contributed by atoms with van der Waals surface area (Å²) in [4.78, 5) is 12.9. The number of nitrogens with two attached hydrogens (primary N) is 1. The van der Waals surface area contributed by atoms with Crippen molar-refractivity contribution in [1.29, 1.82) is 0 Å². The Labute approximate surface area is 122 Å². The van der Waals surface area contributed by atoms with E-state index >= 15 is 0 Å². The molecule has 0 fully saturated rings. The zero-order valence-electron chi connectivity index (χ0n) is 12.0. The Morgan fingerprint density at radius 2 is 1.76 bits per heavy atom. The van der Waals surface area contributed by atoms with Crippen LogP contribution in [0.2, 0.25) is 0 Å². The van der Waals surface area contributed by atoms with E-state index < -0.39 is 0 Å². The van der Waals surface area contributed by atoms with Crippen LogP contribution in [0.25, 0.3) is 22.3 Å². The molecule has 0 aliphatic rings. The molecule has 0 atom stereocenters. The molecule has 3 rings (SSSR count). The van der Waals surface area contributed by atoms with E-state index in [2.05, 4.69) is 34.0 Å². The van der Waals surface area contributed by atoms with Crippen molar-refractivity contribution < 1.29 is 4.74 Å². The highest BCUT2D eigenvalue weighted by Crippen LogP contribution is 2.25. The van der Waals surface area contributed by atoms with E-state index in [-0.39, 0.29) is 5.95 Å². The maximum absolute atomic E-state index is 5.69. The molecule has 0 aliphatic heterocycles. The molecule has 0 unspecified atom stereocenters. The first-order valence-corrected chi connectivity index (χ1v) is 6.81. The van der Waals surface area contributed by atoms with Crippen LogP contribution in [-0.2, 0) is 0 Å². The van der Waals surface area contributed by atoms with E-state index in [0.717, 1.165) is 11.3 Å². The number of rotatable bonds is 3. The smallest absolute Gasteiger partial charge is 0.245 e. The average Bonchev–Trinajstić information content (AvgIpc) is 2.48. The normalized spacial score (nSPS) is 10.8. The van der Waals surface area contributed by atoms with Gasteiger partial charge in [0.2, 0.25) is 11.8 Å². The summed E-state index contributed by atoms with van der Waals surface area (Å²) in [5.74, 6) is 0.616. The van der Waals surface area contributed by atoms with Crippen LogP contribution in [0.15, 0.2) is 36.4 Å². The molecule has 0 saturated carbocycles. The lowest BCUT2D eigenvalue weighted by Gasteiger charge is -2.08. The molecule has 0 bridgehead atoms. The summed E-state index contributed by atoms with van der Waals surface area (Å²) >= 11 is 0. The van der Waals surface area contributed by atoms with Gasteiger partial charge in [-0.1, -0.05) is 29.8 Å². The van der Waals surface area contributed by atoms with Crippen LogP contribution in [-0.4, -0.2) is 21.6 Å². The number of hydrogen-bond donors (Lipinski definition) is 1. The number of pyridine rings is 1. The maximum atomic E-state index is 5.69. The minimum atomic E-state index is 0.191. The molecule has 0 radical (unpaired) electrons. The van der Waals surface area contributed by atoms with Gasteiger partial charge in [0, 0.05) is 5.56 Å². The van der Waals surface area contributed by atoms with Crippen molar-refractivity contribution in [2.75, 3.05) is 12.3 Å². The highest BCUT2D eigenvalue weighted by Gasteiger charge is 2.10. The number of benzene rings is 1. The third-order valence-corrected chi connectivity index (χ3v) is 3.16. The summed E-state index contributed by atoms with van der Waals surface area (Å²) in [7, 11) is 0. The number of hydrogen-bond acceptors (Lipinski definition) is 5. The molecule has 3 aromatic rings. The van der Waals surface area contributed by atoms with Gasteiger partial charge in [-0.05, 0) is 26.0 Å². The van der Waals surface area contributed by atoms with Gasteiger partial charge in [-0.25, -0.2) is 9.97 Å². The first-order chi connectivity index (χ1) is 10.2. The van der Waals surface area contributed by atoms with Gasteiger partial charge in [0.1, 0.15) is 0 Å². The summed E-state index contributed by atoms with van der Waals surface area (Å²) < 4.78 is 5.52. The lowest BCUT2D eigenvalue weighted by Crippen LogP contribution is -2.02. The summed E-state index contributed by atoms with van der Waals surface area (Å²) in [6, 6.07) is 12.0. The second-order valence-corrected chi connectivity index (χ2v) is 4.75. The molecule has 1 aromatic carbocycles. The maximum Gasteiger partial charge on any atom is 0.245 e. The van der Waals surface area contributed by atoms with Crippen LogP contribution < -0.4 is 10.5 Å². The third-order valence-electron chi connectivity index (χ3n) is 3.16. The van der Waals surface area contributed by atoms with Gasteiger partial charge in [-0.15, -0.1) is 0 Å². The molecule has 0 aliphatic carbocycles. The molecule has 0 amide bonds. The minimum absolute atomic E-state index is 0.191. The van der Waals surface area contributed by atoms with Crippen LogP contribution in [0, 0.1) is 6.92 Å². The predicted octanol–water partition coefficient (Wildman–Crippen LogP) is 2.98. The molecule has 21 heavy (non-hydrogen) atoms. The van der Waals surface area contributed by atoms with Crippen molar-refractivity contribution in [3.63, 3.8) is 0 Å². The Balaban J connectivity index is 2.16. The SMILES string of the molecule is CCOc1nc(N)nc2ccc(-c3ccc(C)cc3)nc12. The number of anilines is 1. The van der Waals surface area contributed by atoms with Gasteiger partial charge >= 0.3 is 0 Å². The summed E-state index contributed by atoms with van der Waals surface area (Å²) in [5.41, 5.74) is 10.1. The molecule has 5 nitrogen and oxygen atoms in total. The Kier molecular flexibility index (Phi) is 3.39. The van der Waals surface area contributed by atoms with Crippen molar-refractivity contribution in [2.45, 2.75) is 13.8 Å². The van der Waals surface area contributed by atoms with Gasteiger partial charge in [-0.3, -0.25) is 0 Å². The Morgan fingerprint density at radius 3 is 2.48 bits per heavy atom. The van der Waals surface area contributed by atoms with E-state index in [1.807, 2.05) is 31.2 Å². The number of fused-ring (bicyclic) bond motifs is 1. The fourth-order valence-electron chi connectivity index (χ4n) is 2.13. The molecule has 106 valence electrons. The predicted molar refractivity (Wildman–Crippen MR) is 83.1 cm³/mol. The highest BCUT2D eigenvalue weighted by molar-refractivity contribution is 5.83. The van der Waals surface area contributed by atoms with Crippen LogP contribution >= 0.6 is 0 Å². The first kappa shape index (κ1) is 13.3. The van der Waals surface area contributed by atoms with Gasteiger partial charge in [-0.2, -0.15) is 4.98 Å². The molecule has 5 heteroatoms. The highest BCUT2D eigenvalue weighted by atomic mass is 16.5. The van der Waals surface area contributed by atoms with Crippen molar-refractivity contribution >= 4 is 17.0 Å². The molecule has 2 N–H and O–H groups in total. The summed E-state index contributed by atoms with van der Waals surface area (Å²) in [6.45, 7) is 4.46. The van der Waals surface area contributed by atoms with Crippen molar-refractivity contribution in [1.82, 2.24) is 15.0 Å². The van der Waals surface area contributed by atoms with E-state index in [1.165, 1.54) is 5.56 Å². The zero-order chi connectivity index (χ0) is 14.8. The lowest BCUT2D eigenvalue weighted by molar-refractivity contribution is 0.330. The van der Waals surface area contributed by atoms with Crippen molar-refractivity contribution in [3.8, 4) is 17.1 Å². The van der Waals surface area contributed by atoms with E-state index in [9.17, 15) is 0 Å². The number of aromatic nitrogens is 3. The topological polar surface area (TPSA) is 73.9 Å². The number of nitrogens with zero attached hydrogens (tertiary/aromatic N) is 3. The molecular formula is C16H16N4O. The molecule has 0 spiro atoms. The molecular weight excluding hydrogens is 264 g/mol. The van der Waals surface area contributed by atoms with E-state index in [4.69, 9.17) is 10.5 Å². The second kappa shape index (κ2) is 5.36. The van der Waals surface area contributed by atoms with Gasteiger partial charge in [0.15, 0.2) is 5.52 Å². The standard InChI is InChI=1S/C16H16N4O/c1-3-21-15-14-13(19-16(17)20-15)9-8-12(18-14)11-6-4-10(2)5-7-11/h4-9H,3H2,1-2H3,(H2,17,19,20). The van der Waals surface area contributed by atoms with E-state index in [1.54, 1.807) is 0 Å². The fraction of sp³-hybridized carbons (Fsp3) is 0.188. The second-order valence-electron chi connectivity index (χ2n) is 4.75. The molecule has 2 aromatic heterocycles. The summed E-state index contributed by atoms with van der Waals surface area (Å²) in [6.07, 6.45) is 0. The third kappa shape index (κ3) is 2.63. The average molecular weight is 280 g/mol. The Hall–Kier alpha value is -2.69. The van der Waals surface area contributed by atoms with Crippen LogP contribution in [0.5, 0.6) is 5.88 Å². The van der Waals surface area contributed by atoms with E-state index in [0.29, 0.717) is 23.5 Å². The lowest BCUT2D eigenvalue weighted by atomic mass is 10.1. The van der Waals surface area contributed by atoms with Gasteiger partial charge in [0.05, 0.1) is 17.8 Å². The quantitative estimate of drug-likeness (QED) is 0.798. The Morgan fingerprint density at radius 1 is 1.00 bits per heavy atom. The van der Waals surface area contributed by atoms with Crippen molar-refractivity contribution in [2.24, 2.45) is 0 Å². The molecule has 2 heterocycles. The van der Waals surface area contributed by atoms with Gasteiger partial charge in [0.25, 0.3) is 0 Å². The fourth-order valence-corrected chi connectivity index (χ4v) is 2.13. The number of ether oxygens (including phenoxy) is 1. The van der Waals surface area contributed by atoms with Crippen LogP contribution in [0.1, 0.15) is 12.5 Å². The van der Waals surface area contributed by atoms with Crippen LogP contribution in [0.4, 0.5) is 5.95 Å². The van der Waals surface area contributed by atoms with Crippen molar-refractivity contribution in [3.05, 3.63) is 42.0 Å². The number of nitrogen functional groups attached to an aromatic ring is 1. The zero-order valence-corrected chi connectivity index (χ0v) is 12.0. The van der Waals surface area contributed by atoms with Gasteiger partial charge < -0.3 is 10.5 Å². The Bertz CT molecular complexity index is 784. The molecule has 0 saturated heterocycles. The first-order valence-electron chi connectivity index (χ1n) is 6.81.